The van der Waals surface area contributed by atoms with Gasteiger partial charge in [-0.05, 0) is 36.4 Å². The molecule has 7 nitrogen and oxygen atoms in total. The van der Waals surface area contributed by atoms with E-state index in [1.165, 1.54) is 4.40 Å². The smallest absolute Gasteiger partial charge is 0.268 e. The number of anilines is 1. The second kappa shape index (κ2) is 10.8. The lowest BCUT2D eigenvalue weighted by atomic mass is 10.3. The topological polar surface area (TPSA) is 77.2 Å². The highest BCUT2D eigenvalue weighted by atomic mass is 16.5. The van der Waals surface area contributed by atoms with E-state index < -0.39 is 0 Å². The van der Waals surface area contributed by atoms with Gasteiger partial charge in [-0.25, -0.2) is 4.98 Å². The van der Waals surface area contributed by atoms with Crippen molar-refractivity contribution in [2.24, 2.45) is 4.99 Å². The van der Waals surface area contributed by atoms with Crippen LogP contribution < -0.4 is 20.3 Å². The second-order valence-corrected chi connectivity index (χ2v) is 6.89. The number of nitrogens with one attached hydrogen (secondary N) is 1. The molecular formula is C25H24N4O3. The van der Waals surface area contributed by atoms with Gasteiger partial charge in [-0.3, -0.25) is 14.2 Å². The van der Waals surface area contributed by atoms with E-state index in [0.29, 0.717) is 43.3 Å². The molecule has 7 heteroatoms. The molecule has 32 heavy (non-hydrogen) atoms. The van der Waals surface area contributed by atoms with Gasteiger partial charge in [0, 0.05) is 12.4 Å². The van der Waals surface area contributed by atoms with E-state index in [9.17, 15) is 4.79 Å². The fourth-order valence-corrected chi connectivity index (χ4v) is 3.10. The molecule has 0 saturated heterocycles. The van der Waals surface area contributed by atoms with E-state index in [1.54, 1.807) is 24.5 Å². The number of fused-ring (bicyclic) bond motifs is 1. The Balaban J connectivity index is 1.44. The fourth-order valence-electron chi connectivity index (χ4n) is 3.10. The van der Waals surface area contributed by atoms with Crippen molar-refractivity contribution in [3.63, 3.8) is 0 Å². The number of nitrogens with zero attached hydrogens (tertiary/aromatic N) is 3. The Morgan fingerprint density at radius 3 is 2.25 bits per heavy atom. The number of para-hydroxylation sites is 2. The zero-order chi connectivity index (χ0) is 22.0. The van der Waals surface area contributed by atoms with E-state index >= 15 is 0 Å². The molecule has 2 aromatic carbocycles. The van der Waals surface area contributed by atoms with Crippen LogP contribution in [0.3, 0.4) is 0 Å². The Hall–Kier alpha value is -4.13. The Bertz CT molecular complexity index is 1220. The van der Waals surface area contributed by atoms with Crippen LogP contribution >= 0.6 is 0 Å². The summed E-state index contributed by atoms with van der Waals surface area (Å²) in [6.45, 7) is 1.75. The highest BCUT2D eigenvalue weighted by Gasteiger charge is 2.10. The summed E-state index contributed by atoms with van der Waals surface area (Å²) in [5.74, 6) is 2.06. The summed E-state index contributed by atoms with van der Waals surface area (Å²) in [5, 5.41) is 3.21. The van der Waals surface area contributed by atoms with E-state index in [-0.39, 0.29) is 5.56 Å². The largest absolute Gasteiger partial charge is 0.492 e. The molecule has 0 unspecified atom stereocenters. The first-order chi connectivity index (χ1) is 15.8. The van der Waals surface area contributed by atoms with Gasteiger partial charge >= 0.3 is 0 Å². The quantitative estimate of drug-likeness (QED) is 0.308. The van der Waals surface area contributed by atoms with Crippen molar-refractivity contribution >= 4 is 17.7 Å². The molecule has 0 atom stereocenters. The molecule has 0 amide bonds. The van der Waals surface area contributed by atoms with E-state index in [0.717, 1.165) is 11.5 Å². The number of aromatic nitrogens is 2. The molecule has 0 radical (unpaired) electrons. The third-order valence-electron chi connectivity index (χ3n) is 4.63. The minimum atomic E-state index is -0.185. The minimum Gasteiger partial charge on any atom is -0.492 e. The van der Waals surface area contributed by atoms with Crippen LogP contribution in [-0.2, 0) is 0 Å². The number of rotatable bonds is 10. The highest BCUT2D eigenvalue weighted by molar-refractivity contribution is 5.86. The van der Waals surface area contributed by atoms with Gasteiger partial charge in [-0.2, -0.15) is 0 Å². The molecule has 0 saturated carbocycles. The molecule has 0 bridgehead atoms. The minimum absolute atomic E-state index is 0.185. The van der Waals surface area contributed by atoms with E-state index in [2.05, 4.69) is 15.3 Å². The van der Waals surface area contributed by atoms with Crippen molar-refractivity contribution in [3.8, 4) is 11.5 Å². The zero-order valence-corrected chi connectivity index (χ0v) is 17.6. The number of aliphatic imine (C=N–C) groups is 1. The molecule has 0 spiro atoms. The van der Waals surface area contributed by atoms with E-state index in [1.807, 2.05) is 66.7 Å². The number of hydrogen-bond donors (Lipinski definition) is 1. The standard InChI is InChI=1S/C25H24N4O3/c30-25-22(19-26-14-17-31-20-9-3-1-4-10-20)24(28-23-13-7-8-16-29(23)25)27-15-18-32-21-11-5-2-6-12-21/h1-13,16,19,27H,14-15,17-18H2. The van der Waals surface area contributed by atoms with Crippen LogP contribution in [0.15, 0.2) is 94.8 Å². The fraction of sp³-hybridized carbons (Fsp3) is 0.160. The Kier molecular flexibility index (Phi) is 7.10. The van der Waals surface area contributed by atoms with Crippen molar-refractivity contribution in [1.82, 2.24) is 9.38 Å². The molecule has 0 aliphatic heterocycles. The summed E-state index contributed by atoms with van der Waals surface area (Å²) in [5.41, 5.74) is 0.775. The lowest BCUT2D eigenvalue weighted by Gasteiger charge is -2.11. The summed E-state index contributed by atoms with van der Waals surface area (Å²) in [4.78, 5) is 22.0. The first-order valence-electron chi connectivity index (χ1n) is 10.4. The van der Waals surface area contributed by atoms with E-state index in [4.69, 9.17) is 9.47 Å². The zero-order valence-electron chi connectivity index (χ0n) is 17.6. The third-order valence-corrected chi connectivity index (χ3v) is 4.63. The molecule has 0 fully saturated rings. The molecule has 2 aromatic heterocycles. The molecule has 162 valence electrons. The van der Waals surface area contributed by atoms with Gasteiger partial charge in [0.2, 0.25) is 0 Å². The average molecular weight is 428 g/mol. The van der Waals surface area contributed by atoms with Crippen molar-refractivity contribution in [2.75, 3.05) is 31.6 Å². The van der Waals surface area contributed by atoms with Crippen LogP contribution in [0, 0.1) is 0 Å². The summed E-state index contributed by atoms with van der Waals surface area (Å²) in [6, 6.07) is 24.6. The monoisotopic (exact) mass is 428 g/mol. The van der Waals surface area contributed by atoms with Crippen molar-refractivity contribution in [2.45, 2.75) is 0 Å². The van der Waals surface area contributed by atoms with Gasteiger partial charge in [0.1, 0.15) is 41.7 Å². The molecule has 4 rings (SSSR count). The maximum Gasteiger partial charge on any atom is 0.268 e. The van der Waals surface area contributed by atoms with Crippen LogP contribution in [-0.4, -0.2) is 41.9 Å². The normalized spacial score (nSPS) is 11.0. The third kappa shape index (κ3) is 5.51. The van der Waals surface area contributed by atoms with Crippen molar-refractivity contribution in [3.05, 3.63) is 101 Å². The molecule has 4 aromatic rings. The molecule has 0 aliphatic carbocycles. The predicted molar refractivity (Wildman–Crippen MR) is 126 cm³/mol. The van der Waals surface area contributed by atoms with Crippen LogP contribution in [0.25, 0.3) is 5.65 Å². The number of hydrogen-bond acceptors (Lipinski definition) is 6. The summed E-state index contributed by atoms with van der Waals surface area (Å²) >= 11 is 0. The van der Waals surface area contributed by atoms with Crippen LogP contribution in [0.5, 0.6) is 11.5 Å². The maximum atomic E-state index is 13.0. The van der Waals surface area contributed by atoms with Crippen LogP contribution in [0.4, 0.5) is 5.82 Å². The van der Waals surface area contributed by atoms with Crippen LogP contribution in [0.2, 0.25) is 0 Å². The number of pyridine rings is 1. The Labute approximate surface area is 186 Å². The van der Waals surface area contributed by atoms with Gasteiger partial charge in [-0.15, -0.1) is 0 Å². The Morgan fingerprint density at radius 2 is 1.53 bits per heavy atom. The van der Waals surface area contributed by atoms with Crippen molar-refractivity contribution < 1.29 is 9.47 Å². The summed E-state index contributed by atoms with van der Waals surface area (Å²) in [7, 11) is 0. The van der Waals surface area contributed by atoms with Gasteiger partial charge in [0.25, 0.3) is 5.56 Å². The van der Waals surface area contributed by atoms with Gasteiger partial charge in [0.15, 0.2) is 0 Å². The predicted octanol–water partition coefficient (Wildman–Crippen LogP) is 3.68. The molecule has 2 heterocycles. The SMILES string of the molecule is O=c1c(C=NCCOc2ccccc2)c(NCCOc2ccccc2)nc2ccccn12. The van der Waals surface area contributed by atoms with Crippen molar-refractivity contribution in [1.29, 1.82) is 0 Å². The average Bonchev–Trinajstić information content (AvgIpc) is 2.84. The lowest BCUT2D eigenvalue weighted by molar-refractivity contribution is 0.329. The van der Waals surface area contributed by atoms with Gasteiger partial charge in [0.05, 0.1) is 13.1 Å². The highest BCUT2D eigenvalue weighted by Crippen LogP contribution is 2.11. The number of benzene rings is 2. The Morgan fingerprint density at radius 1 is 0.875 bits per heavy atom. The van der Waals surface area contributed by atoms with Gasteiger partial charge in [-0.1, -0.05) is 42.5 Å². The molecule has 0 aliphatic rings. The first kappa shape index (κ1) is 21.1. The summed E-state index contributed by atoms with van der Waals surface area (Å²) in [6.07, 6.45) is 3.26. The first-order valence-corrected chi connectivity index (χ1v) is 10.4. The molecular weight excluding hydrogens is 404 g/mol. The maximum absolute atomic E-state index is 13.0. The lowest BCUT2D eigenvalue weighted by Crippen LogP contribution is -2.24. The molecule has 1 N–H and O–H groups in total. The van der Waals surface area contributed by atoms with Gasteiger partial charge < -0.3 is 14.8 Å². The number of ether oxygens (including phenoxy) is 2. The van der Waals surface area contributed by atoms with Crippen LogP contribution in [0.1, 0.15) is 5.56 Å². The second-order valence-electron chi connectivity index (χ2n) is 6.89. The summed E-state index contributed by atoms with van der Waals surface area (Å²) < 4.78 is 12.9.